The molecule has 1 atom stereocenters. The van der Waals surface area contributed by atoms with Gasteiger partial charge in [0.2, 0.25) is 0 Å². The molecule has 0 aliphatic carbocycles. The van der Waals surface area contributed by atoms with Crippen molar-refractivity contribution in [3.8, 4) is 0 Å². The minimum atomic E-state index is -0.250. The van der Waals surface area contributed by atoms with Crippen LogP contribution in [0, 0.1) is 0 Å². The maximum absolute atomic E-state index is 13.2. The van der Waals surface area contributed by atoms with Crippen molar-refractivity contribution in [3.63, 3.8) is 0 Å². The number of carbonyl (C=O) groups is 2. The molecule has 2 aromatic heterocycles. The Bertz CT molecular complexity index is 1180. The number of nitrogens with zero attached hydrogens (tertiary/aromatic N) is 4. The van der Waals surface area contributed by atoms with Crippen molar-refractivity contribution in [2.75, 3.05) is 6.54 Å². The molecule has 2 aromatic carbocycles. The number of carbonyl (C=O) groups excluding carboxylic acids is 1. The van der Waals surface area contributed by atoms with Crippen molar-refractivity contribution in [1.82, 2.24) is 24.4 Å². The van der Waals surface area contributed by atoms with Crippen LogP contribution in [0.25, 0.3) is 11.0 Å². The number of fused-ring (bicyclic) bond motifs is 2. The van der Waals surface area contributed by atoms with Crippen LogP contribution in [-0.2, 0) is 18.4 Å². The van der Waals surface area contributed by atoms with Crippen LogP contribution in [0.1, 0.15) is 33.2 Å². The van der Waals surface area contributed by atoms with Crippen LogP contribution < -0.4 is 0 Å². The van der Waals surface area contributed by atoms with Gasteiger partial charge in [0.05, 0.1) is 41.6 Å². The third-order valence-electron chi connectivity index (χ3n) is 5.30. The lowest BCUT2D eigenvalue weighted by molar-refractivity contribution is -0.122. The maximum Gasteiger partial charge on any atom is 0.290 e. The largest absolute Gasteiger partial charge is 0.483 e. The molecule has 3 heterocycles. The molecule has 0 bridgehead atoms. The highest BCUT2D eigenvalue weighted by molar-refractivity contribution is 5.97. The molecule has 1 unspecified atom stereocenters. The summed E-state index contributed by atoms with van der Waals surface area (Å²) < 4.78 is 1.95. The van der Waals surface area contributed by atoms with Crippen LogP contribution in [0.4, 0.5) is 0 Å². The molecule has 2 N–H and O–H groups in total. The van der Waals surface area contributed by atoms with Crippen LogP contribution in [0.2, 0.25) is 0 Å². The van der Waals surface area contributed by atoms with E-state index < -0.39 is 0 Å². The van der Waals surface area contributed by atoms with Crippen LogP contribution in [-0.4, -0.2) is 48.4 Å². The Hall–Kier alpha value is -3.94. The number of benzene rings is 2. The Morgan fingerprint density at radius 3 is 2.73 bits per heavy atom. The molecular formula is C22H21N5O3. The van der Waals surface area contributed by atoms with Gasteiger partial charge >= 0.3 is 0 Å². The second-order valence-corrected chi connectivity index (χ2v) is 7.08. The van der Waals surface area contributed by atoms with Crippen molar-refractivity contribution in [2.45, 2.75) is 12.5 Å². The first-order valence-electron chi connectivity index (χ1n) is 9.47. The predicted molar refractivity (Wildman–Crippen MR) is 111 cm³/mol. The van der Waals surface area contributed by atoms with Gasteiger partial charge in [0.1, 0.15) is 0 Å². The molecule has 8 nitrogen and oxygen atoms in total. The normalized spacial score (nSPS) is 15.2. The van der Waals surface area contributed by atoms with Crippen LogP contribution in [0.3, 0.4) is 0 Å². The molecule has 0 spiro atoms. The number of rotatable bonds is 2. The summed E-state index contributed by atoms with van der Waals surface area (Å²) in [7, 11) is 1.95. The molecule has 1 amide bonds. The highest BCUT2D eigenvalue weighted by Gasteiger charge is 2.31. The smallest absolute Gasteiger partial charge is 0.290 e. The average molecular weight is 403 g/mol. The summed E-state index contributed by atoms with van der Waals surface area (Å²) in [4.78, 5) is 35.6. The third-order valence-corrected chi connectivity index (χ3v) is 5.30. The molecular weight excluding hydrogens is 382 g/mol. The lowest BCUT2D eigenvalue weighted by Gasteiger charge is -2.32. The van der Waals surface area contributed by atoms with Crippen molar-refractivity contribution in [3.05, 3.63) is 83.7 Å². The first-order valence-corrected chi connectivity index (χ1v) is 9.47. The second-order valence-electron chi connectivity index (χ2n) is 7.08. The van der Waals surface area contributed by atoms with Crippen LogP contribution in [0.5, 0.6) is 0 Å². The second kappa shape index (κ2) is 8.20. The SMILES string of the molecule is Cn1cnc2cc(C(=O)N3Cc4[nH]cnc4C(c4ccccc4)C3)ccc21.O=CO. The number of aromatic nitrogens is 4. The minimum absolute atomic E-state index is 0.0173. The number of imidazole rings is 2. The van der Waals surface area contributed by atoms with Gasteiger partial charge in [-0.2, -0.15) is 0 Å². The zero-order valence-electron chi connectivity index (χ0n) is 16.4. The van der Waals surface area contributed by atoms with E-state index in [4.69, 9.17) is 9.90 Å². The first kappa shape index (κ1) is 19.4. The number of H-pyrrole nitrogens is 1. The zero-order valence-corrected chi connectivity index (χ0v) is 16.4. The van der Waals surface area contributed by atoms with E-state index in [0.717, 1.165) is 22.4 Å². The van der Waals surface area contributed by atoms with Crippen molar-refractivity contribution in [1.29, 1.82) is 0 Å². The molecule has 152 valence electrons. The molecule has 0 fully saturated rings. The average Bonchev–Trinajstić information content (AvgIpc) is 3.40. The molecule has 4 aromatic rings. The van der Waals surface area contributed by atoms with Gasteiger partial charge in [-0.1, -0.05) is 30.3 Å². The van der Waals surface area contributed by atoms with Gasteiger partial charge in [-0.3, -0.25) is 9.59 Å². The molecule has 5 rings (SSSR count). The van der Waals surface area contributed by atoms with Gasteiger partial charge < -0.3 is 19.6 Å². The Kier molecular flexibility index (Phi) is 5.30. The summed E-state index contributed by atoms with van der Waals surface area (Å²) in [5.74, 6) is 0.0902. The number of aryl methyl sites for hydroxylation is 1. The number of nitrogens with one attached hydrogen (secondary N) is 1. The van der Waals surface area contributed by atoms with Crippen LogP contribution >= 0.6 is 0 Å². The summed E-state index contributed by atoms with van der Waals surface area (Å²) in [6.07, 6.45) is 3.48. The molecule has 0 saturated carbocycles. The van der Waals surface area contributed by atoms with Crippen molar-refractivity contribution < 1.29 is 14.7 Å². The Morgan fingerprint density at radius 2 is 1.97 bits per heavy atom. The van der Waals surface area contributed by atoms with E-state index in [1.54, 1.807) is 12.7 Å². The lowest BCUT2D eigenvalue weighted by atomic mass is 9.90. The minimum Gasteiger partial charge on any atom is -0.483 e. The van der Waals surface area contributed by atoms with E-state index >= 15 is 0 Å². The number of amides is 1. The number of hydrogen-bond acceptors (Lipinski definition) is 4. The van der Waals surface area contributed by atoms with Crippen LogP contribution in [0.15, 0.2) is 61.2 Å². The van der Waals surface area contributed by atoms with Crippen molar-refractivity contribution >= 4 is 23.4 Å². The Balaban J connectivity index is 0.000000687. The predicted octanol–water partition coefficient (Wildman–Crippen LogP) is 2.79. The summed E-state index contributed by atoms with van der Waals surface area (Å²) in [5.41, 5.74) is 5.72. The molecule has 0 saturated heterocycles. The van der Waals surface area contributed by atoms with Gasteiger partial charge in [-0.15, -0.1) is 0 Å². The van der Waals surface area contributed by atoms with Gasteiger partial charge in [-0.05, 0) is 23.8 Å². The fourth-order valence-corrected chi connectivity index (χ4v) is 3.88. The quantitative estimate of drug-likeness (QED) is 0.501. The molecule has 30 heavy (non-hydrogen) atoms. The van der Waals surface area contributed by atoms with E-state index in [1.165, 1.54) is 5.56 Å². The molecule has 8 heteroatoms. The molecule has 1 aliphatic heterocycles. The zero-order chi connectivity index (χ0) is 21.1. The number of carboxylic acid groups (broad SMARTS) is 1. The van der Waals surface area contributed by atoms with Gasteiger partial charge in [0.15, 0.2) is 0 Å². The van der Waals surface area contributed by atoms with E-state index in [0.29, 0.717) is 18.7 Å². The summed E-state index contributed by atoms with van der Waals surface area (Å²) >= 11 is 0. The highest BCUT2D eigenvalue weighted by Crippen LogP contribution is 2.32. The van der Waals surface area contributed by atoms with E-state index in [-0.39, 0.29) is 18.3 Å². The topological polar surface area (TPSA) is 104 Å². The summed E-state index contributed by atoms with van der Waals surface area (Å²) in [5, 5.41) is 6.89. The maximum atomic E-state index is 13.2. The summed E-state index contributed by atoms with van der Waals surface area (Å²) in [6.45, 7) is 0.901. The fourth-order valence-electron chi connectivity index (χ4n) is 3.88. The number of hydrogen-bond donors (Lipinski definition) is 2. The first-order chi connectivity index (χ1) is 14.6. The highest BCUT2D eigenvalue weighted by atomic mass is 16.3. The fraction of sp³-hybridized carbons (Fsp3) is 0.182. The van der Waals surface area contributed by atoms with Crippen molar-refractivity contribution in [2.24, 2.45) is 7.05 Å². The summed E-state index contributed by atoms with van der Waals surface area (Å²) in [6, 6.07) is 15.9. The number of aromatic amines is 1. The Morgan fingerprint density at radius 1 is 1.20 bits per heavy atom. The molecule has 0 radical (unpaired) electrons. The third kappa shape index (κ3) is 3.55. The Labute approximate surface area is 172 Å². The molecule has 1 aliphatic rings. The van der Waals surface area contributed by atoms with E-state index in [1.807, 2.05) is 52.9 Å². The van der Waals surface area contributed by atoms with E-state index in [9.17, 15) is 4.79 Å². The standard InChI is InChI=1S/C21H19N5O.CH2O2/c1-25-13-24-17-9-15(7-8-19(17)25)21(27)26-10-16(14-5-3-2-4-6-14)20-18(11-26)22-12-23-20;2-1-3/h2-9,12-13,16H,10-11H2,1H3,(H,22,23);1H,(H,2,3). The van der Waals surface area contributed by atoms with E-state index in [2.05, 4.69) is 27.1 Å². The van der Waals surface area contributed by atoms with Gasteiger partial charge in [0.25, 0.3) is 12.4 Å². The lowest BCUT2D eigenvalue weighted by Crippen LogP contribution is -2.38. The van der Waals surface area contributed by atoms with Gasteiger partial charge in [0, 0.05) is 25.1 Å². The van der Waals surface area contributed by atoms with Gasteiger partial charge in [-0.25, -0.2) is 9.97 Å². The monoisotopic (exact) mass is 403 g/mol.